The van der Waals surface area contributed by atoms with E-state index >= 15 is 0 Å². The van der Waals surface area contributed by atoms with E-state index in [1.165, 1.54) is 6.26 Å². The van der Waals surface area contributed by atoms with E-state index in [2.05, 4.69) is 18.8 Å². The second kappa shape index (κ2) is 7.13. The summed E-state index contributed by atoms with van der Waals surface area (Å²) in [7, 11) is -3.83. The van der Waals surface area contributed by atoms with Gasteiger partial charge in [-0.05, 0) is 49.4 Å². The van der Waals surface area contributed by atoms with Crippen LogP contribution in [0.5, 0.6) is 0 Å². The van der Waals surface area contributed by atoms with Crippen LogP contribution in [-0.2, 0) is 9.84 Å². The summed E-state index contributed by atoms with van der Waals surface area (Å²) in [5.41, 5.74) is 0.995. The largest absolute Gasteiger partial charge is 0.459 e. The van der Waals surface area contributed by atoms with Crippen molar-refractivity contribution in [1.82, 2.24) is 4.98 Å². The van der Waals surface area contributed by atoms with Gasteiger partial charge in [-0.1, -0.05) is 31.5 Å². The number of benzene rings is 1. The third-order valence-corrected chi connectivity index (χ3v) is 6.72. The molecule has 0 N–H and O–H groups in total. The number of oxazole rings is 1. The van der Waals surface area contributed by atoms with E-state index in [0.717, 1.165) is 25.1 Å². The molecule has 1 aliphatic rings. The molecule has 6 nitrogen and oxygen atoms in total. The Labute approximate surface area is 165 Å². The molecule has 0 amide bonds. The molecule has 4 rings (SSSR count). The number of aromatic nitrogens is 1. The number of nitrogens with zero attached hydrogens (tertiary/aromatic N) is 2. The molecule has 0 unspecified atom stereocenters. The van der Waals surface area contributed by atoms with Gasteiger partial charge in [0, 0.05) is 13.1 Å². The Morgan fingerprint density at radius 1 is 1.07 bits per heavy atom. The molecular weight excluding hydrogens is 376 g/mol. The van der Waals surface area contributed by atoms with E-state index in [0.29, 0.717) is 23.5 Å². The standard InChI is InChI=1S/C21H24N2O4S/c1-14-6-8-17(9-7-14)28(24,25)20-21(23-12-15(2)11-16(3)13-23)27-19(22-20)18-5-4-10-26-18/h4-10,15-16H,11-13H2,1-3H3/t15-,16-/m1/s1. The Balaban J connectivity index is 1.84. The summed E-state index contributed by atoms with van der Waals surface area (Å²) in [6.07, 6.45) is 2.62. The summed E-state index contributed by atoms with van der Waals surface area (Å²) in [4.78, 5) is 6.56. The Hall–Kier alpha value is -2.54. The van der Waals surface area contributed by atoms with E-state index in [-0.39, 0.29) is 15.8 Å². The van der Waals surface area contributed by atoms with Gasteiger partial charge in [0.15, 0.2) is 5.76 Å². The highest BCUT2D eigenvalue weighted by atomic mass is 32.2. The molecule has 2 aromatic heterocycles. The number of furan rings is 1. The van der Waals surface area contributed by atoms with Gasteiger partial charge in [-0.2, -0.15) is 4.98 Å². The van der Waals surface area contributed by atoms with Gasteiger partial charge >= 0.3 is 0 Å². The van der Waals surface area contributed by atoms with Gasteiger partial charge in [-0.25, -0.2) is 8.42 Å². The number of anilines is 1. The first-order valence-corrected chi connectivity index (χ1v) is 10.9. The molecule has 1 fully saturated rings. The molecule has 0 saturated carbocycles. The Bertz CT molecular complexity index is 1040. The summed E-state index contributed by atoms with van der Waals surface area (Å²) in [5.74, 6) is 1.76. The van der Waals surface area contributed by atoms with Gasteiger partial charge in [-0.3, -0.25) is 0 Å². The fraction of sp³-hybridized carbons (Fsp3) is 0.381. The summed E-state index contributed by atoms with van der Waals surface area (Å²) >= 11 is 0. The molecule has 0 spiro atoms. The fourth-order valence-electron chi connectivity index (χ4n) is 3.84. The molecule has 0 radical (unpaired) electrons. The first-order chi connectivity index (χ1) is 13.3. The lowest BCUT2D eigenvalue weighted by Crippen LogP contribution is -2.39. The van der Waals surface area contributed by atoms with Gasteiger partial charge in [0.1, 0.15) is 0 Å². The topological polar surface area (TPSA) is 76.5 Å². The molecule has 7 heteroatoms. The Morgan fingerprint density at radius 3 is 2.36 bits per heavy atom. The maximum absolute atomic E-state index is 13.4. The number of sulfone groups is 1. The third-order valence-electron chi connectivity index (χ3n) is 5.05. The Morgan fingerprint density at radius 2 is 1.75 bits per heavy atom. The number of hydrogen-bond donors (Lipinski definition) is 0. The summed E-state index contributed by atoms with van der Waals surface area (Å²) < 4.78 is 38.1. The monoisotopic (exact) mass is 400 g/mol. The van der Waals surface area contributed by atoms with Crippen molar-refractivity contribution in [3.05, 3.63) is 48.2 Å². The third kappa shape index (κ3) is 3.46. The van der Waals surface area contributed by atoms with Crippen LogP contribution in [0.25, 0.3) is 11.7 Å². The van der Waals surface area contributed by atoms with Crippen molar-refractivity contribution in [3.63, 3.8) is 0 Å². The fourth-order valence-corrected chi connectivity index (χ4v) is 5.16. The van der Waals surface area contributed by atoms with Gasteiger partial charge in [0.05, 0.1) is 11.2 Å². The summed E-state index contributed by atoms with van der Waals surface area (Å²) in [6.45, 7) is 7.71. The van der Waals surface area contributed by atoms with Crippen molar-refractivity contribution in [2.45, 2.75) is 37.1 Å². The smallest absolute Gasteiger partial charge is 0.266 e. The molecular formula is C21H24N2O4S. The highest BCUT2D eigenvalue weighted by Gasteiger charge is 2.34. The second-order valence-corrected chi connectivity index (χ2v) is 9.64. The first kappa shape index (κ1) is 18.8. The SMILES string of the molecule is Cc1ccc(S(=O)(=O)c2nc(-c3ccco3)oc2N2C[C@H](C)C[C@@H](C)C2)cc1. The Kier molecular flexibility index (Phi) is 4.79. The lowest BCUT2D eigenvalue weighted by molar-refractivity contribution is 0.342. The number of aryl methyl sites for hydroxylation is 1. The molecule has 1 saturated heterocycles. The van der Waals surface area contributed by atoms with E-state index in [1.54, 1.807) is 36.4 Å². The van der Waals surface area contributed by atoms with E-state index in [1.807, 2.05) is 11.8 Å². The zero-order valence-electron chi connectivity index (χ0n) is 16.3. The first-order valence-electron chi connectivity index (χ1n) is 9.46. The minimum absolute atomic E-state index is 0.0518. The van der Waals surface area contributed by atoms with Crippen LogP contribution in [0.1, 0.15) is 25.8 Å². The molecule has 3 aromatic rings. The molecule has 1 aliphatic heterocycles. The predicted molar refractivity (Wildman–Crippen MR) is 106 cm³/mol. The summed E-state index contributed by atoms with van der Waals surface area (Å²) in [5, 5.41) is -0.0518. The van der Waals surface area contributed by atoms with E-state index < -0.39 is 9.84 Å². The number of rotatable bonds is 4. The lowest BCUT2D eigenvalue weighted by Gasteiger charge is -2.34. The van der Waals surface area contributed by atoms with Crippen molar-refractivity contribution in [3.8, 4) is 11.7 Å². The van der Waals surface area contributed by atoms with E-state index in [9.17, 15) is 8.42 Å². The minimum atomic E-state index is -3.83. The molecule has 3 heterocycles. The van der Waals surface area contributed by atoms with Crippen LogP contribution in [-0.4, -0.2) is 26.5 Å². The maximum atomic E-state index is 13.4. The van der Waals surface area contributed by atoms with Crippen LogP contribution in [0.4, 0.5) is 5.88 Å². The van der Waals surface area contributed by atoms with Crippen molar-refractivity contribution < 1.29 is 17.3 Å². The molecule has 0 aliphatic carbocycles. The van der Waals surface area contributed by atoms with Crippen LogP contribution in [0.15, 0.2) is 61.4 Å². The van der Waals surface area contributed by atoms with Gasteiger partial charge in [-0.15, -0.1) is 0 Å². The molecule has 28 heavy (non-hydrogen) atoms. The second-order valence-electron chi connectivity index (χ2n) is 7.77. The van der Waals surface area contributed by atoms with Crippen LogP contribution < -0.4 is 4.90 Å². The van der Waals surface area contributed by atoms with Crippen LogP contribution in [0.2, 0.25) is 0 Å². The molecule has 1 aromatic carbocycles. The van der Waals surface area contributed by atoms with E-state index in [4.69, 9.17) is 8.83 Å². The quantitative estimate of drug-likeness (QED) is 0.639. The number of hydrogen-bond acceptors (Lipinski definition) is 6. The van der Waals surface area contributed by atoms with Crippen molar-refractivity contribution in [2.24, 2.45) is 11.8 Å². The van der Waals surface area contributed by atoms with Crippen molar-refractivity contribution in [1.29, 1.82) is 0 Å². The maximum Gasteiger partial charge on any atom is 0.266 e. The van der Waals surface area contributed by atoms with Crippen LogP contribution in [0.3, 0.4) is 0 Å². The van der Waals surface area contributed by atoms with Gasteiger partial charge in [0.2, 0.25) is 20.7 Å². The van der Waals surface area contributed by atoms with Gasteiger partial charge in [0.25, 0.3) is 5.89 Å². The predicted octanol–water partition coefficient (Wildman–Crippen LogP) is 4.56. The normalized spacial score (nSPS) is 20.5. The minimum Gasteiger partial charge on any atom is -0.459 e. The zero-order valence-corrected chi connectivity index (χ0v) is 17.1. The molecule has 148 valence electrons. The lowest BCUT2D eigenvalue weighted by atomic mass is 9.92. The summed E-state index contributed by atoms with van der Waals surface area (Å²) in [6, 6.07) is 10.2. The van der Waals surface area contributed by atoms with Crippen molar-refractivity contribution >= 4 is 15.7 Å². The van der Waals surface area contributed by atoms with Crippen LogP contribution in [0, 0.1) is 18.8 Å². The molecule has 0 bridgehead atoms. The average molecular weight is 401 g/mol. The van der Waals surface area contributed by atoms with Crippen LogP contribution >= 0.6 is 0 Å². The highest BCUT2D eigenvalue weighted by Crippen LogP contribution is 2.37. The zero-order chi connectivity index (χ0) is 19.9. The highest BCUT2D eigenvalue weighted by molar-refractivity contribution is 7.91. The average Bonchev–Trinajstić information content (AvgIpc) is 3.31. The van der Waals surface area contributed by atoms with Crippen molar-refractivity contribution in [2.75, 3.05) is 18.0 Å². The molecule has 2 atom stereocenters. The number of piperidine rings is 1. The van der Waals surface area contributed by atoms with Gasteiger partial charge < -0.3 is 13.7 Å².